The van der Waals surface area contributed by atoms with E-state index < -0.39 is 35.9 Å². The summed E-state index contributed by atoms with van der Waals surface area (Å²) in [4.78, 5) is 10.7. The van der Waals surface area contributed by atoms with Crippen LogP contribution in [0.15, 0.2) is 12.4 Å². The number of alkyl halides is 5. The van der Waals surface area contributed by atoms with Gasteiger partial charge in [0.25, 0.3) is 0 Å². The molecular weight excluding hydrogens is 254 g/mol. The second-order valence-corrected chi connectivity index (χ2v) is 3.72. The van der Waals surface area contributed by atoms with E-state index in [1.165, 1.54) is 0 Å². The molecule has 0 aliphatic carbocycles. The quantitative estimate of drug-likeness (QED) is 0.433. The van der Waals surface area contributed by atoms with E-state index in [-0.39, 0.29) is 0 Å². The molecule has 0 unspecified atom stereocenters. The van der Waals surface area contributed by atoms with Gasteiger partial charge in [-0.25, -0.2) is 9.18 Å². The molecular formula is C9H10F6O2. The maximum Gasteiger partial charge on any atom is 0.367 e. The van der Waals surface area contributed by atoms with Gasteiger partial charge in [-0.15, -0.1) is 0 Å². The van der Waals surface area contributed by atoms with Crippen molar-refractivity contribution in [2.24, 2.45) is 0 Å². The molecule has 0 fully saturated rings. The number of esters is 1. The molecule has 0 bridgehead atoms. The fourth-order valence-corrected chi connectivity index (χ4v) is 0.876. The SMILES string of the molecule is C=C(F)C(=O)OC(C)(C)C(F)(F)C(F)(F)CF. The van der Waals surface area contributed by atoms with Crippen LogP contribution in [0.25, 0.3) is 0 Å². The number of rotatable bonds is 5. The average Bonchev–Trinajstić information content (AvgIpc) is 2.16. The normalized spacial score (nSPS) is 13.4. The van der Waals surface area contributed by atoms with Gasteiger partial charge < -0.3 is 4.74 Å². The van der Waals surface area contributed by atoms with Crippen molar-refractivity contribution in [2.45, 2.75) is 31.3 Å². The van der Waals surface area contributed by atoms with Crippen LogP contribution in [0.5, 0.6) is 0 Å². The van der Waals surface area contributed by atoms with Crippen molar-refractivity contribution in [1.29, 1.82) is 0 Å². The lowest BCUT2D eigenvalue weighted by molar-refractivity contribution is -0.289. The van der Waals surface area contributed by atoms with E-state index in [1.807, 2.05) is 0 Å². The van der Waals surface area contributed by atoms with E-state index >= 15 is 0 Å². The monoisotopic (exact) mass is 264 g/mol. The molecule has 0 heterocycles. The summed E-state index contributed by atoms with van der Waals surface area (Å²) >= 11 is 0. The lowest BCUT2D eigenvalue weighted by Gasteiger charge is -2.36. The Balaban J connectivity index is 5.17. The molecule has 0 atom stereocenters. The van der Waals surface area contributed by atoms with Crippen LogP contribution in [-0.2, 0) is 9.53 Å². The molecule has 0 aromatic heterocycles. The van der Waals surface area contributed by atoms with Crippen LogP contribution in [0.3, 0.4) is 0 Å². The third kappa shape index (κ3) is 2.92. The highest BCUT2D eigenvalue weighted by atomic mass is 19.3. The molecule has 0 rings (SSSR count). The van der Waals surface area contributed by atoms with Crippen LogP contribution >= 0.6 is 0 Å². The lowest BCUT2D eigenvalue weighted by Crippen LogP contribution is -2.58. The Morgan fingerprint density at radius 2 is 1.65 bits per heavy atom. The highest BCUT2D eigenvalue weighted by Crippen LogP contribution is 2.44. The van der Waals surface area contributed by atoms with Crippen LogP contribution in [0.2, 0.25) is 0 Å². The fraction of sp³-hybridized carbons (Fsp3) is 0.667. The van der Waals surface area contributed by atoms with Crippen molar-refractivity contribution in [2.75, 3.05) is 6.67 Å². The molecule has 0 aromatic rings. The molecule has 100 valence electrons. The molecule has 8 heteroatoms. The predicted molar refractivity (Wildman–Crippen MR) is 46.3 cm³/mol. The third-order valence-electron chi connectivity index (χ3n) is 1.95. The molecule has 2 nitrogen and oxygen atoms in total. The Bertz CT molecular complexity index is 323. The Kier molecular flexibility index (Phi) is 4.25. The van der Waals surface area contributed by atoms with Gasteiger partial charge in [0, 0.05) is 0 Å². The van der Waals surface area contributed by atoms with Crippen LogP contribution in [0, 0.1) is 0 Å². The zero-order chi connectivity index (χ0) is 14.1. The average molecular weight is 264 g/mol. The minimum Gasteiger partial charge on any atom is -0.448 e. The molecule has 0 radical (unpaired) electrons. The van der Waals surface area contributed by atoms with Gasteiger partial charge >= 0.3 is 17.8 Å². The molecule has 0 amide bonds. The van der Waals surface area contributed by atoms with E-state index in [9.17, 15) is 31.1 Å². The van der Waals surface area contributed by atoms with Gasteiger partial charge in [-0.1, -0.05) is 6.58 Å². The van der Waals surface area contributed by atoms with E-state index in [4.69, 9.17) is 0 Å². The van der Waals surface area contributed by atoms with Crippen molar-refractivity contribution in [3.8, 4) is 0 Å². The first-order valence-electron chi connectivity index (χ1n) is 4.28. The number of hydrogen-bond acceptors (Lipinski definition) is 2. The maximum atomic E-state index is 13.2. The summed E-state index contributed by atoms with van der Waals surface area (Å²) < 4.78 is 79.5. The van der Waals surface area contributed by atoms with Gasteiger partial charge in [0.15, 0.2) is 12.3 Å². The van der Waals surface area contributed by atoms with Crippen molar-refractivity contribution in [1.82, 2.24) is 0 Å². The number of ether oxygens (including phenoxy) is 1. The highest BCUT2D eigenvalue weighted by Gasteiger charge is 2.67. The van der Waals surface area contributed by atoms with E-state index in [0.717, 1.165) is 0 Å². The first-order chi connectivity index (χ1) is 7.39. The Labute approximate surface area is 93.2 Å². The topological polar surface area (TPSA) is 26.3 Å². The first kappa shape index (κ1) is 15.8. The van der Waals surface area contributed by atoms with Crippen molar-refractivity contribution < 1.29 is 35.9 Å². The number of hydrogen-bond donors (Lipinski definition) is 0. The fourth-order valence-electron chi connectivity index (χ4n) is 0.876. The summed E-state index contributed by atoms with van der Waals surface area (Å²) in [6.07, 6.45) is 0. The largest absolute Gasteiger partial charge is 0.448 e. The summed E-state index contributed by atoms with van der Waals surface area (Å²) in [5.74, 6) is -13.7. The van der Waals surface area contributed by atoms with E-state index in [2.05, 4.69) is 11.3 Å². The van der Waals surface area contributed by atoms with Gasteiger partial charge in [0.2, 0.25) is 5.83 Å². The van der Waals surface area contributed by atoms with Gasteiger partial charge in [-0.2, -0.15) is 22.0 Å². The summed E-state index contributed by atoms with van der Waals surface area (Å²) in [5, 5.41) is 0. The van der Waals surface area contributed by atoms with Crippen molar-refractivity contribution >= 4 is 5.97 Å². The zero-order valence-corrected chi connectivity index (χ0v) is 9.00. The van der Waals surface area contributed by atoms with Gasteiger partial charge in [-0.3, -0.25) is 0 Å². The maximum absolute atomic E-state index is 13.2. The van der Waals surface area contributed by atoms with Gasteiger partial charge in [0.1, 0.15) is 0 Å². The number of carbonyl (C=O) groups is 1. The van der Waals surface area contributed by atoms with Crippen molar-refractivity contribution in [3.63, 3.8) is 0 Å². The minimum atomic E-state index is -5.03. The molecule has 17 heavy (non-hydrogen) atoms. The number of carbonyl (C=O) groups excluding carboxylic acids is 1. The minimum absolute atomic E-state index is 0.414. The predicted octanol–water partition coefficient (Wildman–Crippen LogP) is 3.03. The standard InChI is InChI=1S/C9H10F6O2/c1-5(11)6(16)17-7(2,3)9(14,15)8(12,13)4-10/h1,4H2,2-3H3. The summed E-state index contributed by atoms with van der Waals surface area (Å²) in [6, 6.07) is 0. The second-order valence-electron chi connectivity index (χ2n) is 3.72. The van der Waals surface area contributed by atoms with E-state index in [1.54, 1.807) is 0 Å². The number of halogens is 6. The first-order valence-corrected chi connectivity index (χ1v) is 4.28. The molecule has 0 aliphatic heterocycles. The molecule has 0 saturated carbocycles. The van der Waals surface area contributed by atoms with Crippen LogP contribution in [-0.4, -0.2) is 30.1 Å². The molecule has 0 N–H and O–H groups in total. The summed E-state index contributed by atoms with van der Waals surface area (Å²) in [7, 11) is 0. The summed E-state index contributed by atoms with van der Waals surface area (Å²) in [5.41, 5.74) is -3.09. The summed E-state index contributed by atoms with van der Waals surface area (Å²) in [6.45, 7) is 0.643. The highest BCUT2D eigenvalue weighted by molar-refractivity contribution is 5.85. The smallest absolute Gasteiger partial charge is 0.367 e. The zero-order valence-electron chi connectivity index (χ0n) is 9.00. The Hall–Kier alpha value is -1.21. The Morgan fingerprint density at radius 3 is 1.94 bits per heavy atom. The molecule has 0 aromatic carbocycles. The lowest BCUT2D eigenvalue weighted by atomic mass is 9.95. The van der Waals surface area contributed by atoms with E-state index in [0.29, 0.717) is 13.8 Å². The van der Waals surface area contributed by atoms with Crippen LogP contribution < -0.4 is 0 Å². The molecule has 0 saturated heterocycles. The van der Waals surface area contributed by atoms with Gasteiger partial charge in [0.05, 0.1) is 0 Å². The van der Waals surface area contributed by atoms with Gasteiger partial charge in [-0.05, 0) is 13.8 Å². The van der Waals surface area contributed by atoms with Crippen molar-refractivity contribution in [3.05, 3.63) is 12.4 Å². The third-order valence-corrected chi connectivity index (χ3v) is 1.95. The second kappa shape index (κ2) is 4.58. The Morgan fingerprint density at radius 1 is 1.24 bits per heavy atom. The van der Waals surface area contributed by atoms with Crippen LogP contribution in [0.1, 0.15) is 13.8 Å². The molecule has 0 spiro atoms. The van der Waals surface area contributed by atoms with Crippen LogP contribution in [0.4, 0.5) is 26.3 Å². The molecule has 0 aliphatic rings.